The second-order valence-corrected chi connectivity index (χ2v) is 6.65. The average Bonchev–Trinajstić information content (AvgIpc) is 2.51. The molecule has 0 unspecified atom stereocenters. The van der Waals surface area contributed by atoms with Gasteiger partial charge in [0.05, 0.1) is 15.1 Å². The van der Waals surface area contributed by atoms with E-state index in [0.29, 0.717) is 27.4 Å². The van der Waals surface area contributed by atoms with Gasteiger partial charge in [-0.15, -0.1) is 6.42 Å². The van der Waals surface area contributed by atoms with Crippen LogP contribution in [0.3, 0.4) is 0 Å². The predicted octanol–water partition coefficient (Wildman–Crippen LogP) is 5.23. The van der Waals surface area contributed by atoms with Crippen molar-refractivity contribution in [2.24, 2.45) is 0 Å². The van der Waals surface area contributed by atoms with Crippen molar-refractivity contribution in [2.45, 2.75) is 6.61 Å². The maximum Gasteiger partial charge on any atom is 0.339 e. The Morgan fingerprint density at radius 2 is 2.04 bits per heavy atom. The molecule has 23 heavy (non-hydrogen) atoms. The summed E-state index contributed by atoms with van der Waals surface area (Å²) in [7, 11) is 0. The van der Waals surface area contributed by atoms with E-state index in [1.54, 1.807) is 6.07 Å². The number of hydrogen-bond donors (Lipinski definition) is 0. The van der Waals surface area contributed by atoms with Gasteiger partial charge in [-0.3, -0.25) is 0 Å². The van der Waals surface area contributed by atoms with Crippen molar-refractivity contribution in [3.63, 3.8) is 0 Å². The number of ether oxygens (including phenoxy) is 2. The minimum atomic E-state index is -0.538. The monoisotopic (exact) mass is 456 g/mol. The van der Waals surface area contributed by atoms with Crippen LogP contribution in [0.5, 0.6) is 5.75 Å². The Balaban J connectivity index is 2.14. The molecule has 0 spiro atoms. The molecule has 0 amide bonds. The first-order valence-electron chi connectivity index (χ1n) is 6.48. The number of benzene rings is 2. The van der Waals surface area contributed by atoms with Crippen LogP contribution in [0.4, 0.5) is 0 Å². The molecule has 0 aliphatic carbocycles. The largest absolute Gasteiger partial charge is 0.486 e. The van der Waals surface area contributed by atoms with Crippen LogP contribution in [0.1, 0.15) is 15.9 Å². The Labute approximate surface area is 156 Å². The van der Waals surface area contributed by atoms with Gasteiger partial charge in [0, 0.05) is 4.47 Å². The molecule has 0 radical (unpaired) electrons. The first-order chi connectivity index (χ1) is 11.0. The highest BCUT2D eigenvalue weighted by atomic mass is 79.9. The summed E-state index contributed by atoms with van der Waals surface area (Å²) in [5.74, 6) is 2.16. The molecule has 0 heterocycles. The SMILES string of the molecule is C#CCOC(=O)c1cc(Cl)c(OCc2cccc(Br)c2)c(Br)c1. The van der Waals surface area contributed by atoms with Crippen molar-refractivity contribution in [1.29, 1.82) is 0 Å². The van der Waals surface area contributed by atoms with Crippen molar-refractivity contribution in [2.75, 3.05) is 6.61 Å². The minimum Gasteiger partial charge on any atom is -0.486 e. The van der Waals surface area contributed by atoms with E-state index in [2.05, 4.69) is 37.8 Å². The topological polar surface area (TPSA) is 35.5 Å². The van der Waals surface area contributed by atoms with Crippen molar-refractivity contribution >= 4 is 49.4 Å². The van der Waals surface area contributed by atoms with Crippen LogP contribution in [0.25, 0.3) is 0 Å². The summed E-state index contributed by atoms with van der Waals surface area (Å²) in [5, 5.41) is 0.307. The Morgan fingerprint density at radius 1 is 1.26 bits per heavy atom. The zero-order valence-electron chi connectivity index (χ0n) is 11.8. The van der Waals surface area contributed by atoms with E-state index in [0.717, 1.165) is 10.0 Å². The molecule has 0 fully saturated rings. The van der Waals surface area contributed by atoms with Gasteiger partial charge in [-0.05, 0) is 45.8 Å². The van der Waals surface area contributed by atoms with E-state index in [9.17, 15) is 4.79 Å². The Hall–Kier alpha value is -1.48. The van der Waals surface area contributed by atoms with Gasteiger partial charge in [-0.2, -0.15) is 0 Å². The van der Waals surface area contributed by atoms with Gasteiger partial charge in [-0.25, -0.2) is 4.79 Å². The first-order valence-corrected chi connectivity index (χ1v) is 8.44. The zero-order chi connectivity index (χ0) is 16.8. The predicted molar refractivity (Wildman–Crippen MR) is 96.7 cm³/mol. The summed E-state index contributed by atoms with van der Waals surface area (Å²) in [6.07, 6.45) is 5.06. The van der Waals surface area contributed by atoms with E-state index >= 15 is 0 Å². The molecule has 0 saturated carbocycles. The number of terminal acetylenes is 1. The number of hydrogen-bond acceptors (Lipinski definition) is 3. The molecular formula is C17H11Br2ClO3. The Kier molecular flexibility index (Phi) is 6.52. The lowest BCUT2D eigenvalue weighted by Crippen LogP contribution is -2.06. The third-order valence-corrected chi connectivity index (χ3v) is 4.16. The third kappa shape index (κ3) is 5.00. The van der Waals surface area contributed by atoms with Gasteiger partial charge >= 0.3 is 5.97 Å². The van der Waals surface area contributed by atoms with Gasteiger partial charge in [-0.1, -0.05) is 45.6 Å². The van der Waals surface area contributed by atoms with Crippen LogP contribution in [0.2, 0.25) is 5.02 Å². The van der Waals surface area contributed by atoms with Crippen LogP contribution in [0.15, 0.2) is 45.3 Å². The number of esters is 1. The van der Waals surface area contributed by atoms with E-state index in [4.69, 9.17) is 27.5 Å². The summed E-state index contributed by atoms with van der Waals surface area (Å²) >= 11 is 13.0. The van der Waals surface area contributed by atoms with E-state index in [1.165, 1.54) is 6.07 Å². The molecule has 2 aromatic carbocycles. The maximum atomic E-state index is 11.8. The van der Waals surface area contributed by atoms with Gasteiger partial charge in [0.2, 0.25) is 0 Å². The van der Waals surface area contributed by atoms with Crippen molar-refractivity contribution in [1.82, 2.24) is 0 Å². The fourth-order valence-corrected chi connectivity index (χ4v) is 3.20. The fourth-order valence-electron chi connectivity index (χ4n) is 1.79. The summed E-state index contributed by atoms with van der Waals surface area (Å²) in [6, 6.07) is 10.8. The molecule has 0 bridgehead atoms. The second-order valence-electron chi connectivity index (χ2n) is 4.47. The van der Waals surface area contributed by atoms with E-state index in [1.807, 2.05) is 24.3 Å². The van der Waals surface area contributed by atoms with Gasteiger partial charge in [0.1, 0.15) is 6.61 Å². The summed E-state index contributed by atoms with van der Waals surface area (Å²) in [4.78, 5) is 11.8. The van der Waals surface area contributed by atoms with Crippen LogP contribution in [0, 0.1) is 12.3 Å². The molecule has 2 rings (SSSR count). The smallest absolute Gasteiger partial charge is 0.339 e. The molecule has 0 N–H and O–H groups in total. The van der Waals surface area contributed by atoms with Crippen LogP contribution >= 0.6 is 43.5 Å². The maximum absolute atomic E-state index is 11.8. The lowest BCUT2D eigenvalue weighted by Gasteiger charge is -2.12. The number of halogens is 3. The molecule has 0 atom stereocenters. The second kappa shape index (κ2) is 8.39. The van der Waals surface area contributed by atoms with E-state index in [-0.39, 0.29) is 6.61 Å². The van der Waals surface area contributed by atoms with Crippen molar-refractivity contribution < 1.29 is 14.3 Å². The number of carbonyl (C=O) groups is 1. The summed E-state index contributed by atoms with van der Waals surface area (Å²) < 4.78 is 12.1. The molecule has 0 saturated heterocycles. The lowest BCUT2D eigenvalue weighted by molar-refractivity contribution is 0.0556. The van der Waals surface area contributed by atoms with Gasteiger partial charge in [0.25, 0.3) is 0 Å². The molecule has 118 valence electrons. The highest BCUT2D eigenvalue weighted by Gasteiger charge is 2.15. The molecule has 0 aliphatic heterocycles. The minimum absolute atomic E-state index is 0.0881. The van der Waals surface area contributed by atoms with Crippen LogP contribution < -0.4 is 4.74 Å². The Bertz CT molecular complexity index is 746. The third-order valence-electron chi connectivity index (χ3n) is 2.79. The summed E-state index contributed by atoms with van der Waals surface area (Å²) in [5.41, 5.74) is 1.28. The quantitative estimate of drug-likeness (QED) is 0.455. The highest BCUT2D eigenvalue weighted by molar-refractivity contribution is 9.10. The van der Waals surface area contributed by atoms with Crippen molar-refractivity contribution in [3.8, 4) is 18.1 Å². The molecular weight excluding hydrogens is 447 g/mol. The molecule has 6 heteroatoms. The average molecular weight is 459 g/mol. The Morgan fingerprint density at radius 3 is 2.70 bits per heavy atom. The standard InChI is InChI=1S/C17H11Br2ClO3/c1-2-6-22-17(21)12-8-14(19)16(15(20)9-12)23-10-11-4-3-5-13(18)7-11/h1,3-5,7-9H,6,10H2. The molecule has 2 aromatic rings. The lowest BCUT2D eigenvalue weighted by atomic mass is 10.2. The fraction of sp³-hybridized carbons (Fsp3) is 0.118. The van der Waals surface area contributed by atoms with Crippen LogP contribution in [-0.4, -0.2) is 12.6 Å². The highest BCUT2D eigenvalue weighted by Crippen LogP contribution is 2.35. The van der Waals surface area contributed by atoms with Crippen molar-refractivity contribution in [3.05, 3.63) is 61.5 Å². The molecule has 3 nitrogen and oxygen atoms in total. The zero-order valence-corrected chi connectivity index (χ0v) is 15.7. The first kappa shape index (κ1) is 17.9. The van der Waals surface area contributed by atoms with Crippen LogP contribution in [-0.2, 0) is 11.3 Å². The van der Waals surface area contributed by atoms with Gasteiger partial charge in [0.15, 0.2) is 12.4 Å². The van der Waals surface area contributed by atoms with Gasteiger partial charge < -0.3 is 9.47 Å². The van der Waals surface area contributed by atoms with E-state index < -0.39 is 5.97 Å². The number of carbonyl (C=O) groups excluding carboxylic acids is 1. The molecule has 0 aliphatic rings. The molecule has 0 aromatic heterocycles. The number of rotatable bonds is 5. The normalized spacial score (nSPS) is 10.0. The summed E-state index contributed by atoms with van der Waals surface area (Å²) in [6.45, 7) is 0.258.